The molecule has 4 nitrogen and oxygen atoms in total. The van der Waals surface area contributed by atoms with Gasteiger partial charge in [0.25, 0.3) is 0 Å². The Balaban J connectivity index is 0.00000288. The molecule has 132 valence electrons. The standard InChI is InChI=1S/C18H26N4S.HI/c1-5-19-18(21-12-17-20-11-13(2)23-17)22-15(4)14(3)16-9-7-6-8-10-16;/h6-11,14-15H,5,12H2,1-4H3,(H2,19,21,22);1H. The summed E-state index contributed by atoms with van der Waals surface area (Å²) in [6, 6.07) is 10.9. The highest BCUT2D eigenvalue weighted by atomic mass is 127. The van der Waals surface area contributed by atoms with Crippen LogP contribution in [0.25, 0.3) is 0 Å². The van der Waals surface area contributed by atoms with Gasteiger partial charge in [-0.1, -0.05) is 37.3 Å². The van der Waals surface area contributed by atoms with Crippen molar-refractivity contribution < 1.29 is 0 Å². The third kappa shape index (κ3) is 6.39. The van der Waals surface area contributed by atoms with Gasteiger partial charge >= 0.3 is 0 Å². The van der Waals surface area contributed by atoms with E-state index < -0.39 is 0 Å². The van der Waals surface area contributed by atoms with Gasteiger partial charge in [0, 0.05) is 29.6 Å². The van der Waals surface area contributed by atoms with E-state index in [0.717, 1.165) is 17.5 Å². The molecule has 2 rings (SSSR count). The fourth-order valence-corrected chi connectivity index (χ4v) is 3.04. The van der Waals surface area contributed by atoms with E-state index in [9.17, 15) is 0 Å². The van der Waals surface area contributed by atoms with Crippen LogP contribution in [-0.4, -0.2) is 23.5 Å². The number of aromatic nitrogens is 1. The maximum atomic E-state index is 4.66. The number of aryl methyl sites for hydroxylation is 1. The first-order valence-corrected chi connectivity index (χ1v) is 8.93. The molecule has 0 fully saturated rings. The Morgan fingerprint density at radius 3 is 2.54 bits per heavy atom. The zero-order valence-electron chi connectivity index (χ0n) is 14.7. The Hall–Kier alpha value is -1.15. The number of nitrogens with one attached hydrogen (secondary N) is 2. The van der Waals surface area contributed by atoms with Crippen molar-refractivity contribution >= 4 is 41.3 Å². The lowest BCUT2D eigenvalue weighted by atomic mass is 9.94. The van der Waals surface area contributed by atoms with Gasteiger partial charge in [0.2, 0.25) is 0 Å². The number of aliphatic imine (C=N–C) groups is 1. The van der Waals surface area contributed by atoms with Gasteiger partial charge in [0.1, 0.15) is 5.01 Å². The first-order chi connectivity index (χ1) is 11.1. The second-order valence-corrected chi connectivity index (χ2v) is 7.01. The summed E-state index contributed by atoms with van der Waals surface area (Å²) in [5.41, 5.74) is 1.33. The molecular formula is C18H27IN4S. The van der Waals surface area contributed by atoms with Gasteiger partial charge in [0.15, 0.2) is 5.96 Å². The lowest BCUT2D eigenvalue weighted by molar-refractivity contribution is 0.550. The average Bonchev–Trinajstić information content (AvgIpc) is 2.98. The molecule has 1 aromatic carbocycles. The smallest absolute Gasteiger partial charge is 0.191 e. The predicted molar refractivity (Wildman–Crippen MR) is 115 cm³/mol. The summed E-state index contributed by atoms with van der Waals surface area (Å²) in [5.74, 6) is 1.25. The van der Waals surface area contributed by atoms with Crippen molar-refractivity contribution in [2.75, 3.05) is 6.54 Å². The zero-order chi connectivity index (χ0) is 16.7. The number of benzene rings is 1. The number of guanidine groups is 1. The second kappa shape index (κ2) is 10.7. The molecule has 1 heterocycles. The number of nitrogens with zero attached hydrogens (tertiary/aromatic N) is 2. The zero-order valence-corrected chi connectivity index (χ0v) is 17.9. The maximum Gasteiger partial charge on any atom is 0.191 e. The topological polar surface area (TPSA) is 49.3 Å². The van der Waals surface area contributed by atoms with Crippen molar-refractivity contribution in [1.29, 1.82) is 0 Å². The molecule has 0 spiro atoms. The highest BCUT2D eigenvalue weighted by molar-refractivity contribution is 14.0. The molecule has 0 saturated heterocycles. The molecule has 2 aromatic rings. The summed E-state index contributed by atoms with van der Waals surface area (Å²) in [7, 11) is 0. The largest absolute Gasteiger partial charge is 0.357 e. The minimum Gasteiger partial charge on any atom is -0.357 e. The Bertz CT molecular complexity index is 627. The van der Waals surface area contributed by atoms with Crippen molar-refractivity contribution in [3.05, 3.63) is 52.0 Å². The summed E-state index contributed by atoms with van der Waals surface area (Å²) >= 11 is 1.70. The SMILES string of the molecule is CCNC(=NCc1ncc(C)s1)NC(C)C(C)c1ccccc1.I. The summed E-state index contributed by atoms with van der Waals surface area (Å²) in [6.07, 6.45) is 1.90. The van der Waals surface area contributed by atoms with Crippen LogP contribution in [0, 0.1) is 6.92 Å². The van der Waals surface area contributed by atoms with Gasteiger partial charge in [-0.2, -0.15) is 0 Å². The molecule has 0 aliphatic carbocycles. The predicted octanol–water partition coefficient (Wildman–Crippen LogP) is 4.32. The quantitative estimate of drug-likeness (QED) is 0.385. The van der Waals surface area contributed by atoms with E-state index in [1.54, 1.807) is 11.3 Å². The van der Waals surface area contributed by atoms with E-state index >= 15 is 0 Å². The van der Waals surface area contributed by atoms with Gasteiger partial charge < -0.3 is 10.6 Å². The summed E-state index contributed by atoms with van der Waals surface area (Å²) in [5, 5.41) is 7.87. The normalized spacial score (nSPS) is 13.8. The Labute approximate surface area is 166 Å². The van der Waals surface area contributed by atoms with Crippen molar-refractivity contribution in [2.24, 2.45) is 4.99 Å². The number of hydrogen-bond acceptors (Lipinski definition) is 3. The maximum absolute atomic E-state index is 4.66. The molecule has 0 aliphatic heterocycles. The van der Waals surface area contributed by atoms with Gasteiger partial charge in [0.05, 0.1) is 6.54 Å². The average molecular weight is 458 g/mol. The Kier molecular flexibility index (Phi) is 9.28. The lowest BCUT2D eigenvalue weighted by Crippen LogP contribution is -2.44. The van der Waals surface area contributed by atoms with Crippen molar-refractivity contribution in [3.8, 4) is 0 Å². The van der Waals surface area contributed by atoms with Gasteiger partial charge in [-0.3, -0.25) is 0 Å². The van der Waals surface area contributed by atoms with E-state index in [4.69, 9.17) is 0 Å². The molecule has 0 aliphatic rings. The molecule has 1 aromatic heterocycles. The molecule has 0 saturated carbocycles. The van der Waals surface area contributed by atoms with E-state index in [1.807, 2.05) is 6.20 Å². The number of rotatable bonds is 6. The van der Waals surface area contributed by atoms with E-state index in [1.165, 1.54) is 10.4 Å². The number of thiazole rings is 1. The minimum atomic E-state index is 0. The summed E-state index contributed by atoms with van der Waals surface area (Å²) in [6.45, 7) is 10.0. The van der Waals surface area contributed by atoms with Crippen LogP contribution in [-0.2, 0) is 6.54 Å². The molecule has 6 heteroatoms. The van der Waals surface area contributed by atoms with Gasteiger partial charge in [-0.05, 0) is 26.3 Å². The third-order valence-electron chi connectivity index (χ3n) is 3.83. The highest BCUT2D eigenvalue weighted by Gasteiger charge is 2.15. The lowest BCUT2D eigenvalue weighted by Gasteiger charge is -2.24. The highest BCUT2D eigenvalue weighted by Crippen LogP contribution is 2.18. The first-order valence-electron chi connectivity index (χ1n) is 8.11. The fraction of sp³-hybridized carbons (Fsp3) is 0.444. The Morgan fingerprint density at radius 1 is 1.25 bits per heavy atom. The van der Waals surface area contributed by atoms with E-state index in [-0.39, 0.29) is 30.0 Å². The molecule has 2 unspecified atom stereocenters. The van der Waals surface area contributed by atoms with Crippen LogP contribution in [0.3, 0.4) is 0 Å². The molecule has 0 amide bonds. The van der Waals surface area contributed by atoms with Crippen molar-refractivity contribution in [1.82, 2.24) is 15.6 Å². The van der Waals surface area contributed by atoms with Crippen LogP contribution >= 0.6 is 35.3 Å². The van der Waals surface area contributed by atoms with E-state index in [2.05, 4.69) is 78.6 Å². The first kappa shape index (κ1) is 20.9. The molecule has 2 atom stereocenters. The van der Waals surface area contributed by atoms with Crippen LogP contribution in [0.4, 0.5) is 0 Å². The van der Waals surface area contributed by atoms with Crippen molar-refractivity contribution in [3.63, 3.8) is 0 Å². The molecule has 24 heavy (non-hydrogen) atoms. The second-order valence-electron chi connectivity index (χ2n) is 5.69. The molecule has 0 radical (unpaired) electrons. The van der Waals surface area contributed by atoms with Gasteiger partial charge in [-0.25, -0.2) is 9.98 Å². The summed E-state index contributed by atoms with van der Waals surface area (Å²) in [4.78, 5) is 10.2. The monoisotopic (exact) mass is 458 g/mol. The fourth-order valence-electron chi connectivity index (χ4n) is 2.33. The molecular weight excluding hydrogens is 431 g/mol. The van der Waals surface area contributed by atoms with Crippen molar-refractivity contribution in [2.45, 2.75) is 46.2 Å². The van der Waals surface area contributed by atoms with Gasteiger partial charge in [-0.15, -0.1) is 35.3 Å². The van der Waals surface area contributed by atoms with E-state index in [0.29, 0.717) is 12.5 Å². The number of halogens is 1. The third-order valence-corrected chi connectivity index (χ3v) is 4.72. The number of hydrogen-bond donors (Lipinski definition) is 2. The van der Waals surface area contributed by atoms with Crippen LogP contribution < -0.4 is 10.6 Å². The van der Waals surface area contributed by atoms with Crippen LogP contribution in [0.2, 0.25) is 0 Å². The van der Waals surface area contributed by atoms with Crippen LogP contribution in [0.1, 0.15) is 42.1 Å². The van der Waals surface area contributed by atoms with Crippen LogP contribution in [0.15, 0.2) is 41.5 Å². The molecule has 2 N–H and O–H groups in total. The Morgan fingerprint density at radius 2 is 1.96 bits per heavy atom. The minimum absolute atomic E-state index is 0. The summed E-state index contributed by atoms with van der Waals surface area (Å²) < 4.78 is 0. The van der Waals surface area contributed by atoms with Crippen LogP contribution in [0.5, 0.6) is 0 Å². The molecule has 0 bridgehead atoms.